The van der Waals surface area contributed by atoms with Gasteiger partial charge in [-0.3, -0.25) is 9.98 Å². The molecule has 46 heavy (non-hydrogen) atoms. The van der Waals surface area contributed by atoms with Crippen LogP contribution in [0.15, 0.2) is 169 Å². The van der Waals surface area contributed by atoms with Gasteiger partial charge in [0.25, 0.3) is 0 Å². The molecule has 1 N–H and O–H groups in total. The Bertz CT molecular complexity index is 2490. The fourth-order valence-corrected chi connectivity index (χ4v) is 6.91. The number of nitrogens with zero attached hydrogens (tertiary/aromatic N) is 2. The number of benzene rings is 7. The maximum absolute atomic E-state index is 5.41. The minimum atomic E-state index is -0.275. The average Bonchev–Trinajstić information content (AvgIpc) is 3.14. The third-order valence-electron chi connectivity index (χ3n) is 9.13. The summed E-state index contributed by atoms with van der Waals surface area (Å²) >= 11 is 0. The van der Waals surface area contributed by atoms with Crippen molar-refractivity contribution in [1.82, 2.24) is 10.3 Å². The highest BCUT2D eigenvalue weighted by atomic mass is 15.1. The Balaban J connectivity index is 1.26. The van der Waals surface area contributed by atoms with Gasteiger partial charge < -0.3 is 5.32 Å². The van der Waals surface area contributed by atoms with Crippen molar-refractivity contribution < 1.29 is 0 Å². The van der Waals surface area contributed by atoms with Crippen molar-refractivity contribution in [2.45, 2.75) is 6.17 Å². The smallest absolute Gasteiger partial charge is 0.145 e. The Labute approximate surface area is 267 Å². The number of nitrogens with one attached hydrogen (secondary N) is 1. The van der Waals surface area contributed by atoms with E-state index in [4.69, 9.17) is 4.99 Å². The second kappa shape index (κ2) is 10.8. The first-order valence-corrected chi connectivity index (χ1v) is 15.7. The van der Waals surface area contributed by atoms with Gasteiger partial charge in [-0.2, -0.15) is 0 Å². The lowest BCUT2D eigenvalue weighted by molar-refractivity contribution is 0.665. The van der Waals surface area contributed by atoms with E-state index < -0.39 is 0 Å². The molecule has 0 radical (unpaired) electrons. The van der Waals surface area contributed by atoms with Crippen molar-refractivity contribution in [2.75, 3.05) is 0 Å². The van der Waals surface area contributed by atoms with Crippen molar-refractivity contribution in [3.63, 3.8) is 0 Å². The Morgan fingerprint density at radius 3 is 1.65 bits per heavy atom. The zero-order valence-electron chi connectivity index (χ0n) is 25.1. The van der Waals surface area contributed by atoms with Crippen LogP contribution in [0.2, 0.25) is 0 Å². The SMILES string of the molecule is C1=C(c2cc3ccccc3c3ccccc23)N[C@H](c2ccc(-c3ccccn3)cc2)N=C1c1cc2ccccc2c2ccccc12. The van der Waals surface area contributed by atoms with Crippen LogP contribution in [0.25, 0.3) is 60.0 Å². The van der Waals surface area contributed by atoms with E-state index in [9.17, 15) is 0 Å². The first-order valence-electron chi connectivity index (χ1n) is 15.7. The molecule has 9 rings (SSSR count). The normalized spacial score (nSPS) is 14.7. The van der Waals surface area contributed by atoms with Crippen LogP contribution in [0.5, 0.6) is 0 Å². The van der Waals surface area contributed by atoms with Crippen LogP contribution in [0.4, 0.5) is 0 Å². The van der Waals surface area contributed by atoms with Crippen molar-refractivity contribution in [1.29, 1.82) is 0 Å². The highest BCUT2D eigenvalue weighted by molar-refractivity contribution is 6.24. The predicted molar refractivity (Wildman–Crippen MR) is 193 cm³/mol. The summed E-state index contributed by atoms with van der Waals surface area (Å²) in [6, 6.07) is 53.9. The lowest BCUT2D eigenvalue weighted by atomic mass is 9.91. The number of hydrogen-bond donors (Lipinski definition) is 1. The van der Waals surface area contributed by atoms with Crippen LogP contribution in [-0.2, 0) is 0 Å². The van der Waals surface area contributed by atoms with Gasteiger partial charge in [0.1, 0.15) is 6.17 Å². The molecule has 1 aromatic heterocycles. The quantitative estimate of drug-likeness (QED) is 0.208. The molecule has 0 bridgehead atoms. The van der Waals surface area contributed by atoms with E-state index in [-0.39, 0.29) is 6.17 Å². The summed E-state index contributed by atoms with van der Waals surface area (Å²) in [5.41, 5.74) is 7.46. The second-order valence-electron chi connectivity index (χ2n) is 11.8. The highest BCUT2D eigenvalue weighted by Crippen LogP contribution is 2.37. The standard InChI is InChI=1S/C43H29N3/c1-3-13-32-30(11-1)25-38(36-17-7-5-15-34(32)36)41-27-42(39-26-31-12-2-4-14-33(31)35-16-6-8-18-37(35)39)46-43(45-41)29-22-20-28(21-23-29)40-19-9-10-24-44-40/h1-27,43,45H/t43-/m0/s1. The molecule has 2 heterocycles. The lowest BCUT2D eigenvalue weighted by Crippen LogP contribution is -2.25. The molecule has 0 saturated heterocycles. The molecule has 3 nitrogen and oxygen atoms in total. The molecular weight excluding hydrogens is 558 g/mol. The molecule has 0 fully saturated rings. The second-order valence-corrected chi connectivity index (χ2v) is 11.8. The minimum Gasteiger partial charge on any atom is -0.359 e. The summed E-state index contributed by atoms with van der Waals surface area (Å²) in [6.45, 7) is 0. The van der Waals surface area contributed by atoms with Gasteiger partial charge in [-0.15, -0.1) is 0 Å². The van der Waals surface area contributed by atoms with Crippen LogP contribution in [-0.4, -0.2) is 10.7 Å². The monoisotopic (exact) mass is 587 g/mol. The molecule has 3 heteroatoms. The Morgan fingerprint density at radius 1 is 0.478 bits per heavy atom. The fourth-order valence-electron chi connectivity index (χ4n) is 6.91. The molecule has 216 valence electrons. The molecule has 0 saturated carbocycles. The number of hydrogen-bond acceptors (Lipinski definition) is 3. The molecule has 8 aromatic rings. The first kappa shape index (κ1) is 26.4. The van der Waals surface area contributed by atoms with E-state index >= 15 is 0 Å². The Hall–Kier alpha value is -6.06. The topological polar surface area (TPSA) is 37.3 Å². The molecule has 0 spiro atoms. The summed E-state index contributed by atoms with van der Waals surface area (Å²) < 4.78 is 0. The van der Waals surface area contributed by atoms with Gasteiger partial charge in [0.15, 0.2) is 0 Å². The van der Waals surface area contributed by atoms with Gasteiger partial charge >= 0.3 is 0 Å². The van der Waals surface area contributed by atoms with Gasteiger partial charge in [0.2, 0.25) is 0 Å². The molecule has 7 aromatic carbocycles. The van der Waals surface area contributed by atoms with Gasteiger partial charge in [-0.05, 0) is 79.0 Å². The van der Waals surface area contributed by atoms with Gasteiger partial charge in [0.05, 0.1) is 11.4 Å². The van der Waals surface area contributed by atoms with Crippen LogP contribution in [0.3, 0.4) is 0 Å². The fraction of sp³-hybridized carbons (Fsp3) is 0.0233. The molecular formula is C43H29N3. The Morgan fingerprint density at radius 2 is 1.02 bits per heavy atom. The van der Waals surface area contributed by atoms with E-state index in [0.717, 1.165) is 33.8 Å². The van der Waals surface area contributed by atoms with Crippen LogP contribution < -0.4 is 5.32 Å². The van der Waals surface area contributed by atoms with Crippen molar-refractivity contribution in [3.05, 3.63) is 181 Å². The van der Waals surface area contributed by atoms with E-state index in [1.165, 1.54) is 48.7 Å². The molecule has 0 amide bonds. The highest BCUT2D eigenvalue weighted by Gasteiger charge is 2.23. The number of fused-ring (bicyclic) bond motifs is 6. The maximum atomic E-state index is 5.41. The van der Waals surface area contributed by atoms with Gasteiger partial charge in [-0.25, -0.2) is 0 Å². The van der Waals surface area contributed by atoms with E-state index in [1.54, 1.807) is 0 Å². The Kier molecular flexibility index (Phi) is 6.20. The van der Waals surface area contributed by atoms with Crippen molar-refractivity contribution >= 4 is 54.5 Å². The summed E-state index contributed by atoms with van der Waals surface area (Å²) in [5, 5.41) is 13.7. The van der Waals surface area contributed by atoms with Crippen molar-refractivity contribution in [3.8, 4) is 11.3 Å². The predicted octanol–water partition coefficient (Wildman–Crippen LogP) is 10.5. The minimum absolute atomic E-state index is 0.275. The summed E-state index contributed by atoms with van der Waals surface area (Å²) in [4.78, 5) is 9.96. The molecule has 1 atom stereocenters. The number of pyridine rings is 1. The van der Waals surface area contributed by atoms with E-state index in [2.05, 4.69) is 150 Å². The first-order chi connectivity index (χ1) is 22.8. The van der Waals surface area contributed by atoms with Gasteiger partial charge in [0, 0.05) is 28.6 Å². The number of rotatable bonds is 4. The zero-order chi connectivity index (χ0) is 30.5. The number of allylic oxidation sites excluding steroid dienone is 1. The summed E-state index contributed by atoms with van der Waals surface area (Å²) in [7, 11) is 0. The zero-order valence-corrected chi connectivity index (χ0v) is 25.1. The average molecular weight is 588 g/mol. The number of aromatic nitrogens is 1. The molecule has 1 aliphatic rings. The molecule has 0 unspecified atom stereocenters. The molecule has 0 aliphatic carbocycles. The van der Waals surface area contributed by atoms with E-state index in [0.29, 0.717) is 0 Å². The summed E-state index contributed by atoms with van der Waals surface area (Å²) in [5.74, 6) is 0. The number of aliphatic imine (C=N–C) groups is 1. The van der Waals surface area contributed by atoms with Crippen molar-refractivity contribution in [2.24, 2.45) is 4.99 Å². The largest absolute Gasteiger partial charge is 0.359 e. The summed E-state index contributed by atoms with van der Waals surface area (Å²) in [6.07, 6.45) is 3.80. The van der Waals surface area contributed by atoms with Crippen LogP contribution in [0, 0.1) is 0 Å². The lowest BCUT2D eigenvalue weighted by Gasteiger charge is -2.26. The maximum Gasteiger partial charge on any atom is 0.145 e. The van der Waals surface area contributed by atoms with Crippen LogP contribution in [0.1, 0.15) is 22.9 Å². The molecule has 1 aliphatic heterocycles. The van der Waals surface area contributed by atoms with E-state index in [1.807, 2.05) is 24.4 Å². The van der Waals surface area contributed by atoms with Crippen LogP contribution >= 0.6 is 0 Å². The van der Waals surface area contributed by atoms with Gasteiger partial charge in [-0.1, -0.05) is 127 Å². The third kappa shape index (κ3) is 4.44. The third-order valence-corrected chi connectivity index (χ3v) is 9.13.